The first-order valence-corrected chi connectivity index (χ1v) is 5.44. The van der Waals surface area contributed by atoms with Crippen molar-refractivity contribution in [1.29, 1.82) is 0 Å². The summed E-state index contributed by atoms with van der Waals surface area (Å²) < 4.78 is 0. The van der Waals surface area contributed by atoms with Crippen LogP contribution in [-0.2, 0) is 0 Å². The molecule has 0 aromatic carbocycles. The van der Waals surface area contributed by atoms with Gasteiger partial charge in [0, 0.05) is 5.56 Å². The van der Waals surface area contributed by atoms with Crippen molar-refractivity contribution in [1.82, 2.24) is 10.2 Å². The van der Waals surface area contributed by atoms with Crippen molar-refractivity contribution >= 4 is 17.4 Å². The Labute approximate surface area is 88.7 Å². The van der Waals surface area contributed by atoms with Gasteiger partial charge in [-0.3, -0.25) is 0 Å². The molecule has 2 rings (SSSR count). The molecule has 1 heterocycles. The lowest BCUT2D eigenvalue weighted by atomic mass is 9.84. The zero-order valence-corrected chi connectivity index (χ0v) is 8.80. The Balaban J connectivity index is 2.24. The lowest BCUT2D eigenvalue weighted by Crippen LogP contribution is -2.09. The molecule has 1 aromatic rings. The number of aromatic nitrogens is 2. The number of nitrogen functional groups attached to an aromatic ring is 1. The smallest absolute Gasteiger partial charge is 0.152 e. The van der Waals surface area contributed by atoms with Gasteiger partial charge in [0.05, 0.1) is 0 Å². The molecule has 1 aliphatic rings. The van der Waals surface area contributed by atoms with Crippen molar-refractivity contribution in [2.75, 3.05) is 5.73 Å². The van der Waals surface area contributed by atoms with E-state index in [4.69, 9.17) is 17.3 Å². The van der Waals surface area contributed by atoms with Crippen molar-refractivity contribution in [3.05, 3.63) is 16.8 Å². The van der Waals surface area contributed by atoms with Gasteiger partial charge in [0.15, 0.2) is 5.15 Å². The molecular weight excluding hydrogens is 198 g/mol. The maximum atomic E-state index is 5.81. The highest BCUT2D eigenvalue weighted by molar-refractivity contribution is 6.29. The van der Waals surface area contributed by atoms with Gasteiger partial charge in [-0.2, -0.15) is 0 Å². The van der Waals surface area contributed by atoms with Gasteiger partial charge in [-0.25, -0.2) is 0 Å². The molecule has 0 unspecified atom stereocenters. The van der Waals surface area contributed by atoms with Crippen molar-refractivity contribution in [3.63, 3.8) is 0 Å². The van der Waals surface area contributed by atoms with Gasteiger partial charge in [0.1, 0.15) is 5.82 Å². The van der Waals surface area contributed by atoms with Crippen LogP contribution in [-0.4, -0.2) is 10.2 Å². The number of hydrogen-bond donors (Lipinski definition) is 1. The summed E-state index contributed by atoms with van der Waals surface area (Å²) in [6.45, 7) is 0. The van der Waals surface area contributed by atoms with Gasteiger partial charge in [-0.15, -0.1) is 10.2 Å². The third kappa shape index (κ3) is 1.98. The largest absolute Gasteiger partial charge is 0.382 e. The molecule has 0 amide bonds. The van der Waals surface area contributed by atoms with Gasteiger partial charge in [0.25, 0.3) is 0 Å². The second kappa shape index (κ2) is 4.13. The molecule has 0 spiro atoms. The fourth-order valence-electron chi connectivity index (χ4n) is 2.13. The van der Waals surface area contributed by atoms with Crippen molar-refractivity contribution < 1.29 is 0 Å². The third-order valence-corrected chi connectivity index (χ3v) is 3.05. The summed E-state index contributed by atoms with van der Waals surface area (Å²) in [6.07, 6.45) is 6.30. The Morgan fingerprint density at radius 3 is 2.64 bits per heavy atom. The minimum absolute atomic E-state index is 0.444. The van der Waals surface area contributed by atoms with Crippen LogP contribution >= 0.6 is 11.6 Å². The van der Waals surface area contributed by atoms with Crippen LogP contribution in [0.15, 0.2) is 6.07 Å². The summed E-state index contributed by atoms with van der Waals surface area (Å²) in [5, 5.41) is 8.02. The standard InChI is InChI=1S/C10H14ClN3/c11-9-6-8(10(12)14-13-9)7-4-2-1-3-5-7/h6-7H,1-5H2,(H2,12,14). The average Bonchev–Trinajstić information content (AvgIpc) is 2.23. The molecule has 14 heavy (non-hydrogen) atoms. The van der Waals surface area contributed by atoms with Crippen LogP contribution in [0.25, 0.3) is 0 Å². The maximum Gasteiger partial charge on any atom is 0.152 e. The van der Waals surface area contributed by atoms with Gasteiger partial charge < -0.3 is 5.73 Å². The molecule has 3 nitrogen and oxygen atoms in total. The van der Waals surface area contributed by atoms with Gasteiger partial charge in [-0.05, 0) is 24.8 Å². The van der Waals surface area contributed by atoms with Crippen molar-refractivity contribution in [3.8, 4) is 0 Å². The molecule has 4 heteroatoms. The fourth-order valence-corrected chi connectivity index (χ4v) is 2.29. The normalized spacial score (nSPS) is 18.4. The minimum atomic E-state index is 0.444. The van der Waals surface area contributed by atoms with Crippen LogP contribution in [0, 0.1) is 0 Å². The van der Waals surface area contributed by atoms with Crippen LogP contribution in [0.4, 0.5) is 5.82 Å². The van der Waals surface area contributed by atoms with E-state index in [1.54, 1.807) is 0 Å². The molecule has 1 aromatic heterocycles. The molecule has 1 fully saturated rings. The van der Waals surface area contributed by atoms with Crippen LogP contribution < -0.4 is 5.73 Å². The Morgan fingerprint density at radius 2 is 1.93 bits per heavy atom. The molecule has 0 atom stereocenters. The number of hydrogen-bond acceptors (Lipinski definition) is 3. The number of nitrogens with two attached hydrogens (primary N) is 1. The van der Waals surface area contributed by atoms with E-state index in [-0.39, 0.29) is 0 Å². The number of nitrogens with zero attached hydrogens (tertiary/aromatic N) is 2. The summed E-state index contributed by atoms with van der Waals surface area (Å²) >= 11 is 5.81. The topological polar surface area (TPSA) is 51.8 Å². The maximum absolute atomic E-state index is 5.81. The summed E-state index contributed by atoms with van der Waals surface area (Å²) in [7, 11) is 0. The highest BCUT2D eigenvalue weighted by atomic mass is 35.5. The van der Waals surface area contributed by atoms with Crippen LogP contribution in [0.3, 0.4) is 0 Å². The summed E-state index contributed by atoms with van der Waals surface area (Å²) in [4.78, 5) is 0. The van der Waals surface area contributed by atoms with Crippen LogP contribution in [0.2, 0.25) is 5.15 Å². The molecule has 0 bridgehead atoms. The molecule has 76 valence electrons. The van der Waals surface area contributed by atoms with E-state index in [0.29, 0.717) is 16.9 Å². The van der Waals surface area contributed by atoms with E-state index in [0.717, 1.165) is 5.56 Å². The van der Waals surface area contributed by atoms with E-state index < -0.39 is 0 Å². The predicted molar refractivity (Wildman–Crippen MR) is 57.3 cm³/mol. The monoisotopic (exact) mass is 211 g/mol. The highest BCUT2D eigenvalue weighted by Crippen LogP contribution is 2.35. The number of rotatable bonds is 1. The second-order valence-electron chi connectivity index (χ2n) is 3.84. The Bertz CT molecular complexity index is 321. The molecule has 1 aliphatic carbocycles. The van der Waals surface area contributed by atoms with Gasteiger partial charge in [0.2, 0.25) is 0 Å². The molecule has 0 radical (unpaired) electrons. The van der Waals surface area contributed by atoms with Crippen LogP contribution in [0.1, 0.15) is 43.6 Å². The number of anilines is 1. The lowest BCUT2D eigenvalue weighted by Gasteiger charge is -2.22. The molecule has 0 aliphatic heterocycles. The molecule has 1 saturated carbocycles. The van der Waals surface area contributed by atoms with E-state index in [1.165, 1.54) is 32.1 Å². The van der Waals surface area contributed by atoms with E-state index in [9.17, 15) is 0 Å². The number of halogens is 1. The molecule has 0 saturated heterocycles. The minimum Gasteiger partial charge on any atom is -0.382 e. The second-order valence-corrected chi connectivity index (χ2v) is 4.23. The van der Waals surface area contributed by atoms with E-state index >= 15 is 0 Å². The van der Waals surface area contributed by atoms with Crippen molar-refractivity contribution in [2.45, 2.75) is 38.0 Å². The first-order valence-electron chi connectivity index (χ1n) is 5.06. The summed E-state index contributed by atoms with van der Waals surface area (Å²) in [5.74, 6) is 1.08. The summed E-state index contributed by atoms with van der Waals surface area (Å²) in [5.41, 5.74) is 6.88. The first-order chi connectivity index (χ1) is 6.77. The Hall–Kier alpha value is -0.830. The quantitative estimate of drug-likeness (QED) is 0.777. The third-order valence-electron chi connectivity index (χ3n) is 2.87. The SMILES string of the molecule is Nc1nnc(Cl)cc1C1CCCCC1. The lowest BCUT2D eigenvalue weighted by molar-refractivity contribution is 0.443. The zero-order chi connectivity index (χ0) is 9.97. The Kier molecular flexibility index (Phi) is 2.87. The highest BCUT2D eigenvalue weighted by Gasteiger charge is 2.18. The first kappa shape index (κ1) is 9.71. The summed E-state index contributed by atoms with van der Waals surface area (Å²) in [6, 6.07) is 1.86. The fraction of sp³-hybridized carbons (Fsp3) is 0.600. The van der Waals surface area contributed by atoms with Gasteiger partial charge in [-0.1, -0.05) is 30.9 Å². The van der Waals surface area contributed by atoms with Crippen LogP contribution in [0.5, 0.6) is 0 Å². The predicted octanol–water partition coefficient (Wildman–Crippen LogP) is 2.76. The Morgan fingerprint density at radius 1 is 1.21 bits per heavy atom. The molecular formula is C10H14ClN3. The van der Waals surface area contributed by atoms with Crippen molar-refractivity contribution in [2.24, 2.45) is 0 Å². The average molecular weight is 212 g/mol. The molecule has 2 N–H and O–H groups in total. The van der Waals surface area contributed by atoms with Gasteiger partial charge >= 0.3 is 0 Å². The zero-order valence-electron chi connectivity index (χ0n) is 8.04. The van der Waals surface area contributed by atoms with E-state index in [2.05, 4.69) is 10.2 Å². The van der Waals surface area contributed by atoms with E-state index in [1.807, 2.05) is 6.07 Å².